The number of carboxylic acid groups (broad SMARTS) is 1. The van der Waals surface area contributed by atoms with E-state index in [-0.39, 0.29) is 12.0 Å². The maximum absolute atomic E-state index is 13.0. The maximum atomic E-state index is 13.0. The minimum absolute atomic E-state index is 0.253. The number of benzene rings is 1. The number of pyridine rings is 1. The number of aliphatic carboxylic acids is 1. The fraction of sp³-hybridized carbons (Fsp3) is 0.536. The van der Waals surface area contributed by atoms with E-state index in [9.17, 15) is 14.7 Å². The van der Waals surface area contributed by atoms with Gasteiger partial charge >= 0.3 is 5.97 Å². The number of aromatic nitrogens is 1. The summed E-state index contributed by atoms with van der Waals surface area (Å²) >= 11 is 0. The fourth-order valence-electron chi connectivity index (χ4n) is 5.37. The Balaban J connectivity index is 1.61. The molecule has 1 heterocycles. The molecule has 4 rings (SSSR count). The monoisotopic (exact) mass is 480 g/mol. The van der Waals surface area contributed by atoms with E-state index in [1.54, 1.807) is 6.20 Å². The van der Waals surface area contributed by atoms with Crippen LogP contribution < -0.4 is 10.1 Å². The van der Waals surface area contributed by atoms with Crippen LogP contribution in [-0.2, 0) is 20.9 Å². The summed E-state index contributed by atoms with van der Waals surface area (Å²) in [4.78, 5) is 29.2. The van der Waals surface area contributed by atoms with Gasteiger partial charge in [0.15, 0.2) is 0 Å². The van der Waals surface area contributed by atoms with E-state index in [4.69, 9.17) is 9.47 Å². The van der Waals surface area contributed by atoms with Crippen LogP contribution >= 0.6 is 0 Å². The van der Waals surface area contributed by atoms with Crippen molar-refractivity contribution in [2.24, 2.45) is 11.8 Å². The Kier molecular flexibility index (Phi) is 8.39. The van der Waals surface area contributed by atoms with Crippen LogP contribution in [0.3, 0.4) is 0 Å². The zero-order chi connectivity index (χ0) is 24.8. The molecular formula is C28H36N2O5. The molecule has 2 aromatic rings. The lowest BCUT2D eigenvalue weighted by Crippen LogP contribution is -2.36. The standard InChI is InChI=1S/C28H36N2O5/c1-3-34-25-14-8-13-21(18(25)2)24-16-29-26(15-19(24)17-35-20-9-4-5-10-20)30-27(31)22-11-6-7-12-23(22)28(32)33/h8,13-16,20,22-23H,3-7,9-12,17H2,1-2H3,(H,32,33)(H,29,30,31)/t22?,23-/m1/s1. The molecule has 0 spiro atoms. The SMILES string of the molecule is CCOc1cccc(-c2cnc(NC(=O)C3CCCC[C@H]3C(=O)O)cc2COC2CCCC2)c1C. The summed E-state index contributed by atoms with van der Waals surface area (Å²) in [5.74, 6) is -1.08. The molecule has 2 N–H and O–H groups in total. The van der Waals surface area contributed by atoms with Crippen LogP contribution in [0.5, 0.6) is 5.75 Å². The summed E-state index contributed by atoms with van der Waals surface area (Å²) in [6.45, 7) is 5.01. The number of amides is 1. The fourth-order valence-corrected chi connectivity index (χ4v) is 5.37. The molecule has 2 fully saturated rings. The van der Waals surface area contributed by atoms with E-state index in [0.717, 1.165) is 53.7 Å². The van der Waals surface area contributed by atoms with Gasteiger partial charge in [-0.1, -0.05) is 37.8 Å². The summed E-state index contributed by atoms with van der Waals surface area (Å²) < 4.78 is 12.0. The van der Waals surface area contributed by atoms with Crippen LogP contribution in [0.15, 0.2) is 30.5 Å². The van der Waals surface area contributed by atoms with Gasteiger partial charge in [0, 0.05) is 11.8 Å². The lowest BCUT2D eigenvalue weighted by atomic mass is 9.78. The largest absolute Gasteiger partial charge is 0.494 e. The first-order valence-electron chi connectivity index (χ1n) is 12.8. The minimum Gasteiger partial charge on any atom is -0.494 e. The number of nitrogens with zero attached hydrogens (tertiary/aromatic N) is 1. The molecule has 35 heavy (non-hydrogen) atoms. The minimum atomic E-state index is -0.900. The molecule has 1 unspecified atom stereocenters. The Morgan fingerprint density at radius 1 is 1.06 bits per heavy atom. The zero-order valence-electron chi connectivity index (χ0n) is 20.7. The van der Waals surface area contributed by atoms with Crippen LogP contribution in [-0.4, -0.2) is 34.7 Å². The van der Waals surface area contributed by atoms with Gasteiger partial charge in [0.1, 0.15) is 11.6 Å². The summed E-state index contributed by atoms with van der Waals surface area (Å²) in [6, 6.07) is 7.85. The average Bonchev–Trinajstić information content (AvgIpc) is 3.38. The maximum Gasteiger partial charge on any atom is 0.307 e. The topological polar surface area (TPSA) is 97.8 Å². The first-order valence-corrected chi connectivity index (χ1v) is 12.8. The van der Waals surface area contributed by atoms with Crippen molar-refractivity contribution in [3.05, 3.63) is 41.6 Å². The van der Waals surface area contributed by atoms with E-state index >= 15 is 0 Å². The van der Waals surface area contributed by atoms with Crippen molar-refractivity contribution in [3.8, 4) is 16.9 Å². The average molecular weight is 481 g/mol. The first-order chi connectivity index (χ1) is 17.0. The first kappa shape index (κ1) is 25.2. The number of hydrogen-bond donors (Lipinski definition) is 2. The van der Waals surface area contributed by atoms with Gasteiger partial charge in [-0.2, -0.15) is 0 Å². The van der Waals surface area contributed by atoms with Gasteiger partial charge in [-0.05, 0) is 68.4 Å². The van der Waals surface area contributed by atoms with E-state index < -0.39 is 17.8 Å². The highest BCUT2D eigenvalue weighted by atomic mass is 16.5. The molecule has 2 saturated carbocycles. The van der Waals surface area contributed by atoms with Crippen molar-refractivity contribution < 1.29 is 24.2 Å². The van der Waals surface area contributed by atoms with E-state index in [1.807, 2.05) is 38.1 Å². The Morgan fingerprint density at radius 3 is 2.49 bits per heavy atom. The van der Waals surface area contributed by atoms with E-state index in [0.29, 0.717) is 31.9 Å². The molecule has 1 amide bonds. The van der Waals surface area contributed by atoms with Crippen LogP contribution in [0.4, 0.5) is 5.82 Å². The smallest absolute Gasteiger partial charge is 0.307 e. The van der Waals surface area contributed by atoms with Crippen LogP contribution in [0.1, 0.15) is 69.4 Å². The molecule has 0 bridgehead atoms. The van der Waals surface area contributed by atoms with Gasteiger partial charge < -0.3 is 19.9 Å². The van der Waals surface area contributed by atoms with Gasteiger partial charge in [0.05, 0.1) is 31.2 Å². The molecule has 2 atom stereocenters. The van der Waals surface area contributed by atoms with Gasteiger partial charge in [-0.25, -0.2) is 4.98 Å². The third-order valence-corrected chi connectivity index (χ3v) is 7.31. The lowest BCUT2D eigenvalue weighted by molar-refractivity contribution is -0.147. The third-order valence-electron chi connectivity index (χ3n) is 7.31. The number of carbonyl (C=O) groups excluding carboxylic acids is 1. The molecule has 1 aromatic heterocycles. The number of anilines is 1. The van der Waals surface area contributed by atoms with Crippen LogP contribution in [0.25, 0.3) is 11.1 Å². The van der Waals surface area contributed by atoms with Crippen molar-refractivity contribution >= 4 is 17.7 Å². The Morgan fingerprint density at radius 2 is 1.77 bits per heavy atom. The normalized spacial score (nSPS) is 20.5. The number of hydrogen-bond acceptors (Lipinski definition) is 5. The molecular weight excluding hydrogens is 444 g/mol. The van der Waals surface area contributed by atoms with Crippen LogP contribution in [0.2, 0.25) is 0 Å². The summed E-state index contributed by atoms with van der Waals surface area (Å²) in [5.41, 5.74) is 3.93. The number of carbonyl (C=O) groups is 2. The zero-order valence-corrected chi connectivity index (χ0v) is 20.7. The van der Waals surface area contributed by atoms with E-state index in [1.165, 1.54) is 12.8 Å². The second-order valence-electron chi connectivity index (χ2n) is 9.63. The summed E-state index contributed by atoms with van der Waals surface area (Å²) in [6.07, 6.45) is 9.38. The molecule has 0 aliphatic heterocycles. The number of nitrogens with one attached hydrogen (secondary N) is 1. The molecule has 0 saturated heterocycles. The van der Waals surface area contributed by atoms with Gasteiger partial charge in [0.2, 0.25) is 5.91 Å². The predicted molar refractivity (Wildman–Crippen MR) is 134 cm³/mol. The van der Waals surface area contributed by atoms with Crippen molar-refractivity contribution in [2.75, 3.05) is 11.9 Å². The summed E-state index contributed by atoms with van der Waals surface area (Å²) in [5, 5.41) is 12.5. The Labute approximate surface area is 207 Å². The number of carboxylic acids is 1. The highest BCUT2D eigenvalue weighted by Crippen LogP contribution is 2.35. The van der Waals surface area contributed by atoms with Gasteiger partial charge in [0.25, 0.3) is 0 Å². The van der Waals surface area contributed by atoms with Crippen molar-refractivity contribution in [1.29, 1.82) is 0 Å². The third kappa shape index (κ3) is 6.01. The highest BCUT2D eigenvalue weighted by molar-refractivity contribution is 5.94. The Bertz CT molecular complexity index is 1050. The number of rotatable bonds is 9. The van der Waals surface area contributed by atoms with Crippen molar-refractivity contribution in [2.45, 2.75) is 77.9 Å². The molecule has 7 nitrogen and oxygen atoms in total. The van der Waals surface area contributed by atoms with E-state index in [2.05, 4.69) is 10.3 Å². The van der Waals surface area contributed by atoms with Crippen molar-refractivity contribution in [3.63, 3.8) is 0 Å². The van der Waals surface area contributed by atoms with Gasteiger partial charge in [-0.15, -0.1) is 0 Å². The van der Waals surface area contributed by atoms with Crippen LogP contribution in [0, 0.1) is 18.8 Å². The Hall–Kier alpha value is -2.93. The highest BCUT2D eigenvalue weighted by Gasteiger charge is 2.36. The molecule has 2 aliphatic carbocycles. The second-order valence-corrected chi connectivity index (χ2v) is 9.63. The molecule has 188 valence electrons. The lowest BCUT2D eigenvalue weighted by Gasteiger charge is -2.27. The molecule has 1 aromatic carbocycles. The predicted octanol–water partition coefficient (Wildman–Crippen LogP) is 5.74. The number of ether oxygens (including phenoxy) is 2. The quantitative estimate of drug-likeness (QED) is 0.475. The van der Waals surface area contributed by atoms with Gasteiger partial charge in [-0.3, -0.25) is 9.59 Å². The van der Waals surface area contributed by atoms with Crippen molar-refractivity contribution in [1.82, 2.24) is 4.98 Å². The molecule has 7 heteroatoms. The molecule has 0 radical (unpaired) electrons. The summed E-state index contributed by atoms with van der Waals surface area (Å²) in [7, 11) is 0. The second kappa shape index (κ2) is 11.7. The molecule has 2 aliphatic rings.